The zero-order valence-corrected chi connectivity index (χ0v) is 7.32. The van der Waals surface area contributed by atoms with Crippen LogP contribution in [-0.4, -0.2) is 20.2 Å². The molecule has 2 aromatic rings. The Morgan fingerprint density at radius 2 is 2.23 bits per heavy atom. The normalized spacial score (nSPS) is 9.46. The average Bonchev–Trinajstić information content (AvgIpc) is 2.67. The lowest BCUT2D eigenvalue weighted by Crippen LogP contribution is -1.82. The molecule has 5 heteroatoms. The van der Waals surface area contributed by atoms with E-state index in [2.05, 4.69) is 26.1 Å². The Labute approximate surface area is 78.7 Å². The lowest BCUT2D eigenvalue weighted by molar-refractivity contribution is 1.07. The Morgan fingerprint density at radius 3 is 2.85 bits per heavy atom. The summed E-state index contributed by atoms with van der Waals surface area (Å²) < 4.78 is 0. The van der Waals surface area contributed by atoms with E-state index in [0.29, 0.717) is 15.7 Å². The maximum atomic E-state index is 5.16. The Balaban J connectivity index is 2.43. The monoisotopic (exact) mass is 188 g/mol. The average molecular weight is 188 g/mol. The summed E-state index contributed by atoms with van der Waals surface area (Å²) >= 11 is 1.33. The van der Waals surface area contributed by atoms with Gasteiger partial charge in [0.05, 0.1) is 6.20 Å². The molecule has 0 bridgehead atoms. The van der Waals surface area contributed by atoms with Gasteiger partial charge in [0.25, 0.3) is 0 Å². The molecule has 0 amide bonds. The van der Waals surface area contributed by atoms with Gasteiger partial charge >= 0.3 is 0 Å². The molecule has 2 heterocycles. The van der Waals surface area contributed by atoms with Crippen molar-refractivity contribution < 1.29 is 0 Å². The van der Waals surface area contributed by atoms with Gasteiger partial charge in [0, 0.05) is 12.4 Å². The molecule has 0 aromatic carbocycles. The van der Waals surface area contributed by atoms with Crippen LogP contribution in [0, 0.1) is 12.3 Å². The fraction of sp³-hybridized carbons (Fsp3) is 0. The quantitative estimate of drug-likeness (QED) is 0.626. The van der Waals surface area contributed by atoms with Gasteiger partial charge < -0.3 is 0 Å². The first-order valence-corrected chi connectivity index (χ1v) is 4.28. The first-order chi connectivity index (χ1) is 6.40. The summed E-state index contributed by atoms with van der Waals surface area (Å²) in [5.74, 6) is 2.41. The van der Waals surface area contributed by atoms with Gasteiger partial charge in [-0.05, 0) is 5.92 Å². The van der Waals surface area contributed by atoms with Crippen LogP contribution in [0.5, 0.6) is 0 Å². The smallest absolute Gasteiger partial charge is 0.191 e. The Bertz CT molecular complexity index is 443. The third-order valence-corrected chi connectivity index (χ3v) is 2.21. The van der Waals surface area contributed by atoms with E-state index in [1.54, 1.807) is 18.6 Å². The van der Waals surface area contributed by atoms with Crippen LogP contribution in [0.4, 0.5) is 0 Å². The molecule has 0 aliphatic carbocycles. The molecule has 0 saturated heterocycles. The fourth-order valence-electron chi connectivity index (χ4n) is 0.795. The molecule has 62 valence electrons. The molecule has 0 N–H and O–H groups in total. The van der Waals surface area contributed by atoms with E-state index < -0.39 is 0 Å². The highest BCUT2D eigenvalue weighted by atomic mass is 32.1. The van der Waals surface area contributed by atoms with Crippen LogP contribution < -0.4 is 0 Å². The largest absolute Gasteiger partial charge is 0.261 e. The molecule has 2 rings (SSSR count). The van der Waals surface area contributed by atoms with Crippen LogP contribution in [0.1, 0.15) is 5.01 Å². The van der Waals surface area contributed by atoms with Crippen molar-refractivity contribution in [1.82, 2.24) is 20.2 Å². The Hall–Kier alpha value is -1.80. The summed E-state index contributed by atoms with van der Waals surface area (Å²) in [5, 5.41) is 8.91. The van der Waals surface area contributed by atoms with Gasteiger partial charge in [-0.3, -0.25) is 9.97 Å². The maximum Gasteiger partial charge on any atom is 0.191 e. The molecule has 0 aliphatic heterocycles. The summed E-state index contributed by atoms with van der Waals surface area (Å²) in [5.41, 5.74) is 0.696. The van der Waals surface area contributed by atoms with Gasteiger partial charge in [-0.1, -0.05) is 11.3 Å². The first kappa shape index (κ1) is 7.83. The Kier molecular flexibility index (Phi) is 1.98. The number of terminal acetylenes is 1. The minimum absolute atomic E-state index is 0.556. The summed E-state index contributed by atoms with van der Waals surface area (Å²) in [6.07, 6.45) is 10.00. The maximum absolute atomic E-state index is 5.16. The van der Waals surface area contributed by atoms with Crippen molar-refractivity contribution in [3.05, 3.63) is 23.6 Å². The van der Waals surface area contributed by atoms with E-state index in [1.165, 1.54) is 11.3 Å². The molecule has 0 atom stereocenters. The van der Waals surface area contributed by atoms with Crippen molar-refractivity contribution in [3.63, 3.8) is 0 Å². The predicted molar refractivity (Wildman–Crippen MR) is 48.9 cm³/mol. The van der Waals surface area contributed by atoms with Gasteiger partial charge in [-0.25, -0.2) is 0 Å². The molecule has 0 fully saturated rings. The van der Waals surface area contributed by atoms with Gasteiger partial charge in [0.1, 0.15) is 5.69 Å². The van der Waals surface area contributed by atoms with Crippen LogP contribution in [-0.2, 0) is 0 Å². The zero-order chi connectivity index (χ0) is 9.10. The second kappa shape index (κ2) is 3.29. The number of aromatic nitrogens is 4. The van der Waals surface area contributed by atoms with Gasteiger partial charge in [-0.2, -0.15) is 0 Å². The van der Waals surface area contributed by atoms with E-state index >= 15 is 0 Å². The molecule has 4 nitrogen and oxygen atoms in total. The molecule has 0 spiro atoms. The van der Waals surface area contributed by atoms with Gasteiger partial charge in [0.2, 0.25) is 0 Å². The van der Waals surface area contributed by atoms with Gasteiger partial charge in [0.15, 0.2) is 10.0 Å². The molecular weight excluding hydrogens is 184 g/mol. The summed E-state index contributed by atoms with van der Waals surface area (Å²) in [6, 6.07) is 0. The number of hydrogen-bond donors (Lipinski definition) is 0. The van der Waals surface area contributed by atoms with Crippen molar-refractivity contribution in [2.75, 3.05) is 0 Å². The van der Waals surface area contributed by atoms with E-state index in [4.69, 9.17) is 6.42 Å². The van der Waals surface area contributed by atoms with E-state index in [0.717, 1.165) is 0 Å². The predicted octanol–water partition coefficient (Wildman–Crippen LogP) is 0.976. The highest BCUT2D eigenvalue weighted by Crippen LogP contribution is 2.19. The standard InChI is InChI=1S/C8H4N4S/c1-2-7-11-12-8(13-7)6-5-9-3-4-10-6/h1,3-5H. The molecule has 13 heavy (non-hydrogen) atoms. The van der Waals surface area contributed by atoms with Crippen molar-refractivity contribution >= 4 is 11.3 Å². The van der Waals surface area contributed by atoms with Crippen LogP contribution >= 0.6 is 11.3 Å². The number of nitrogens with zero attached hydrogens (tertiary/aromatic N) is 4. The van der Waals surface area contributed by atoms with Crippen LogP contribution in [0.15, 0.2) is 18.6 Å². The third kappa shape index (κ3) is 1.53. The second-order valence-electron chi connectivity index (χ2n) is 2.15. The third-order valence-electron chi connectivity index (χ3n) is 1.33. The zero-order valence-electron chi connectivity index (χ0n) is 6.51. The van der Waals surface area contributed by atoms with Crippen LogP contribution in [0.25, 0.3) is 10.7 Å². The minimum atomic E-state index is 0.556. The summed E-state index contributed by atoms with van der Waals surface area (Å²) in [7, 11) is 0. The lowest BCUT2D eigenvalue weighted by atomic mass is 10.5. The number of rotatable bonds is 1. The highest BCUT2D eigenvalue weighted by Gasteiger charge is 2.05. The first-order valence-electron chi connectivity index (χ1n) is 3.46. The fourth-order valence-corrected chi connectivity index (χ4v) is 1.41. The van der Waals surface area contributed by atoms with Gasteiger partial charge in [-0.15, -0.1) is 16.6 Å². The summed E-state index contributed by atoms with van der Waals surface area (Å²) in [6.45, 7) is 0. The van der Waals surface area contributed by atoms with Crippen LogP contribution in [0.3, 0.4) is 0 Å². The van der Waals surface area contributed by atoms with Crippen LogP contribution in [0.2, 0.25) is 0 Å². The second-order valence-corrected chi connectivity index (χ2v) is 3.12. The van der Waals surface area contributed by atoms with Crippen molar-refractivity contribution in [3.8, 4) is 23.0 Å². The van der Waals surface area contributed by atoms with E-state index in [-0.39, 0.29) is 0 Å². The van der Waals surface area contributed by atoms with Crippen molar-refractivity contribution in [1.29, 1.82) is 0 Å². The van der Waals surface area contributed by atoms with Crippen molar-refractivity contribution in [2.24, 2.45) is 0 Å². The highest BCUT2D eigenvalue weighted by molar-refractivity contribution is 7.15. The molecule has 0 saturated carbocycles. The topological polar surface area (TPSA) is 51.6 Å². The molecule has 2 aromatic heterocycles. The molecular formula is C8H4N4S. The lowest BCUT2D eigenvalue weighted by Gasteiger charge is -1.89. The molecule has 0 radical (unpaired) electrons. The molecule has 0 unspecified atom stereocenters. The SMILES string of the molecule is C#Cc1nnc(-c2cnccn2)s1. The Morgan fingerprint density at radius 1 is 1.31 bits per heavy atom. The van der Waals surface area contributed by atoms with E-state index in [9.17, 15) is 0 Å². The molecule has 0 aliphatic rings. The van der Waals surface area contributed by atoms with Crippen molar-refractivity contribution in [2.45, 2.75) is 0 Å². The van der Waals surface area contributed by atoms with E-state index in [1.807, 2.05) is 0 Å². The summed E-state index contributed by atoms with van der Waals surface area (Å²) in [4.78, 5) is 7.99. The minimum Gasteiger partial charge on any atom is -0.261 e. The number of hydrogen-bond acceptors (Lipinski definition) is 5.